The van der Waals surface area contributed by atoms with E-state index in [4.69, 9.17) is 19.4 Å². The van der Waals surface area contributed by atoms with Crippen molar-refractivity contribution in [1.82, 2.24) is 14.9 Å². The highest BCUT2D eigenvalue weighted by molar-refractivity contribution is 5.92. The molecule has 3 atom stereocenters. The van der Waals surface area contributed by atoms with Crippen LogP contribution >= 0.6 is 0 Å². The molecular weight excluding hydrogens is 431 g/mol. The number of halogens is 3. The molecule has 1 saturated heterocycles. The Morgan fingerprint density at radius 3 is 2.50 bits per heavy atom. The standard InChI is InChI=1S/C19H21N3O3.C2HF3O2/c23-19(15-3-1-2-8-21-15)22-11-12-24-18-16(22)4-5-17(18)25-13-14-6-9-20-10-7-14;3-2(4,5)1(6)7/h1-3,6-10,16-18H,4-5,11-13H2;(H,6,7)/t16-,17+,18+;/m0./s1. The molecule has 172 valence electrons. The number of hydrogen-bond donors (Lipinski definition) is 1. The molecule has 2 fully saturated rings. The number of pyridine rings is 2. The Morgan fingerprint density at radius 2 is 1.88 bits per heavy atom. The van der Waals surface area contributed by atoms with Crippen LogP contribution in [0.2, 0.25) is 0 Å². The number of rotatable bonds is 4. The zero-order valence-electron chi connectivity index (χ0n) is 16.9. The van der Waals surface area contributed by atoms with Crippen LogP contribution in [0.25, 0.3) is 0 Å². The fourth-order valence-electron chi connectivity index (χ4n) is 3.66. The lowest BCUT2D eigenvalue weighted by atomic mass is 10.1. The van der Waals surface area contributed by atoms with Crippen LogP contribution in [-0.4, -0.2) is 69.4 Å². The van der Waals surface area contributed by atoms with Gasteiger partial charge in [0.1, 0.15) is 11.8 Å². The van der Waals surface area contributed by atoms with Gasteiger partial charge in [-0.2, -0.15) is 13.2 Å². The van der Waals surface area contributed by atoms with Gasteiger partial charge in [-0.15, -0.1) is 0 Å². The first-order chi connectivity index (χ1) is 15.3. The maximum Gasteiger partial charge on any atom is 0.490 e. The molecule has 1 aliphatic heterocycles. The van der Waals surface area contributed by atoms with E-state index in [0.29, 0.717) is 25.5 Å². The van der Waals surface area contributed by atoms with Crippen molar-refractivity contribution in [3.63, 3.8) is 0 Å². The molecule has 3 heterocycles. The molecule has 1 aliphatic carbocycles. The van der Waals surface area contributed by atoms with E-state index in [2.05, 4.69) is 9.97 Å². The van der Waals surface area contributed by atoms with E-state index < -0.39 is 12.1 Å². The van der Waals surface area contributed by atoms with Crippen molar-refractivity contribution in [3.05, 3.63) is 60.2 Å². The number of fused-ring (bicyclic) bond motifs is 1. The van der Waals surface area contributed by atoms with E-state index in [0.717, 1.165) is 18.4 Å². The molecule has 0 unspecified atom stereocenters. The topological polar surface area (TPSA) is 102 Å². The molecule has 2 aromatic rings. The molecule has 2 aromatic heterocycles. The monoisotopic (exact) mass is 453 g/mol. The summed E-state index contributed by atoms with van der Waals surface area (Å²) >= 11 is 0. The quantitative estimate of drug-likeness (QED) is 0.760. The highest BCUT2D eigenvalue weighted by Crippen LogP contribution is 2.33. The summed E-state index contributed by atoms with van der Waals surface area (Å²) in [6, 6.07) is 9.38. The number of morpholine rings is 1. The number of nitrogens with zero attached hydrogens (tertiary/aromatic N) is 3. The van der Waals surface area contributed by atoms with Crippen molar-refractivity contribution >= 4 is 11.9 Å². The van der Waals surface area contributed by atoms with E-state index in [9.17, 15) is 18.0 Å². The molecule has 0 spiro atoms. The first kappa shape index (κ1) is 23.6. The van der Waals surface area contributed by atoms with Crippen molar-refractivity contribution in [2.45, 2.75) is 43.9 Å². The van der Waals surface area contributed by atoms with Gasteiger partial charge in [-0.05, 0) is 42.7 Å². The van der Waals surface area contributed by atoms with Crippen LogP contribution in [0.15, 0.2) is 48.9 Å². The van der Waals surface area contributed by atoms with Crippen LogP contribution in [-0.2, 0) is 20.9 Å². The number of carboxylic acids is 1. The molecule has 2 aliphatic rings. The van der Waals surface area contributed by atoms with E-state index in [1.54, 1.807) is 24.7 Å². The summed E-state index contributed by atoms with van der Waals surface area (Å²) in [5.41, 5.74) is 1.58. The molecular formula is C21H22F3N3O5. The molecule has 1 amide bonds. The Bertz CT molecular complexity index is 899. The molecule has 0 bridgehead atoms. The Hall–Kier alpha value is -3.05. The maximum absolute atomic E-state index is 12.8. The van der Waals surface area contributed by atoms with Crippen molar-refractivity contribution in [2.24, 2.45) is 0 Å². The van der Waals surface area contributed by atoms with Crippen LogP contribution in [0.5, 0.6) is 0 Å². The lowest BCUT2D eigenvalue weighted by Crippen LogP contribution is -2.54. The zero-order chi connectivity index (χ0) is 23.1. The number of amides is 1. The molecule has 8 nitrogen and oxygen atoms in total. The third kappa shape index (κ3) is 6.01. The van der Waals surface area contributed by atoms with Gasteiger partial charge in [0.25, 0.3) is 5.91 Å². The summed E-state index contributed by atoms with van der Waals surface area (Å²) in [7, 11) is 0. The average molecular weight is 453 g/mol. The minimum absolute atomic E-state index is 0.0116. The van der Waals surface area contributed by atoms with Gasteiger partial charge in [0.2, 0.25) is 0 Å². The summed E-state index contributed by atoms with van der Waals surface area (Å²) < 4.78 is 43.8. The van der Waals surface area contributed by atoms with Gasteiger partial charge in [-0.3, -0.25) is 14.8 Å². The van der Waals surface area contributed by atoms with Gasteiger partial charge in [-0.1, -0.05) is 6.07 Å². The van der Waals surface area contributed by atoms with Crippen molar-refractivity contribution in [3.8, 4) is 0 Å². The van der Waals surface area contributed by atoms with E-state index in [1.807, 2.05) is 29.2 Å². The van der Waals surface area contributed by atoms with Crippen LogP contribution in [0.4, 0.5) is 13.2 Å². The predicted octanol–water partition coefficient (Wildman–Crippen LogP) is 2.70. The van der Waals surface area contributed by atoms with E-state index in [-0.39, 0.29) is 24.2 Å². The number of carboxylic acid groups (broad SMARTS) is 1. The minimum Gasteiger partial charge on any atom is -0.475 e. The second-order valence-corrected chi connectivity index (χ2v) is 7.20. The number of alkyl halides is 3. The highest BCUT2D eigenvalue weighted by atomic mass is 19.4. The molecule has 4 rings (SSSR count). The summed E-state index contributed by atoms with van der Waals surface area (Å²) in [6.45, 7) is 1.68. The second-order valence-electron chi connectivity index (χ2n) is 7.20. The number of hydrogen-bond acceptors (Lipinski definition) is 6. The van der Waals surface area contributed by atoms with Gasteiger partial charge in [0.15, 0.2) is 0 Å². The average Bonchev–Trinajstić information content (AvgIpc) is 3.21. The van der Waals surface area contributed by atoms with Crippen molar-refractivity contribution in [2.75, 3.05) is 13.2 Å². The molecule has 0 aromatic carbocycles. The van der Waals surface area contributed by atoms with Crippen LogP contribution in [0.3, 0.4) is 0 Å². The Morgan fingerprint density at radius 1 is 1.16 bits per heavy atom. The van der Waals surface area contributed by atoms with Crippen LogP contribution in [0, 0.1) is 0 Å². The predicted molar refractivity (Wildman–Crippen MR) is 105 cm³/mol. The smallest absolute Gasteiger partial charge is 0.475 e. The van der Waals surface area contributed by atoms with E-state index >= 15 is 0 Å². The Labute approximate surface area is 182 Å². The molecule has 1 N–H and O–H groups in total. The lowest BCUT2D eigenvalue weighted by molar-refractivity contribution is -0.192. The maximum atomic E-state index is 12.8. The van der Waals surface area contributed by atoms with Gasteiger partial charge in [0.05, 0.1) is 25.4 Å². The van der Waals surface area contributed by atoms with Crippen LogP contribution < -0.4 is 0 Å². The molecule has 0 radical (unpaired) electrons. The highest BCUT2D eigenvalue weighted by Gasteiger charge is 2.45. The second kappa shape index (κ2) is 10.5. The number of aliphatic carboxylic acids is 1. The van der Waals surface area contributed by atoms with Gasteiger partial charge in [-0.25, -0.2) is 4.79 Å². The van der Waals surface area contributed by atoms with Gasteiger partial charge < -0.3 is 19.5 Å². The SMILES string of the molecule is O=C(O)C(F)(F)F.O=C(c1ccccn1)N1CCO[C@H]2[C@H](OCc3ccncc3)CC[C@@H]21. The molecule has 1 saturated carbocycles. The summed E-state index contributed by atoms with van der Waals surface area (Å²) in [4.78, 5) is 31.8. The fraction of sp³-hybridized carbons (Fsp3) is 0.429. The lowest BCUT2D eigenvalue weighted by Gasteiger charge is -2.38. The normalized spacial score (nSPS) is 22.5. The first-order valence-electron chi connectivity index (χ1n) is 9.91. The summed E-state index contributed by atoms with van der Waals surface area (Å²) in [6.07, 6.45) is 1.83. The summed E-state index contributed by atoms with van der Waals surface area (Å²) in [5.74, 6) is -2.78. The molecule has 32 heavy (non-hydrogen) atoms. The van der Waals surface area contributed by atoms with E-state index in [1.165, 1.54) is 0 Å². The number of carbonyl (C=O) groups excluding carboxylic acids is 1. The summed E-state index contributed by atoms with van der Waals surface area (Å²) in [5, 5.41) is 7.12. The van der Waals surface area contributed by atoms with Crippen molar-refractivity contribution in [1.29, 1.82) is 0 Å². The third-order valence-electron chi connectivity index (χ3n) is 5.14. The van der Waals surface area contributed by atoms with Crippen molar-refractivity contribution < 1.29 is 37.3 Å². The largest absolute Gasteiger partial charge is 0.490 e. The number of carbonyl (C=O) groups is 2. The molecule has 11 heteroatoms. The first-order valence-corrected chi connectivity index (χ1v) is 9.91. The fourth-order valence-corrected chi connectivity index (χ4v) is 3.66. The Kier molecular flexibility index (Phi) is 7.75. The minimum atomic E-state index is -5.08. The van der Waals surface area contributed by atoms with Gasteiger partial charge in [0, 0.05) is 25.1 Å². The third-order valence-corrected chi connectivity index (χ3v) is 5.14. The number of aromatic nitrogens is 2. The van der Waals surface area contributed by atoms with Crippen LogP contribution in [0.1, 0.15) is 28.9 Å². The Balaban J connectivity index is 0.000000360. The zero-order valence-corrected chi connectivity index (χ0v) is 16.9. The number of ether oxygens (including phenoxy) is 2. The van der Waals surface area contributed by atoms with Gasteiger partial charge >= 0.3 is 12.1 Å².